The summed E-state index contributed by atoms with van der Waals surface area (Å²) in [6.45, 7) is 0.835. The van der Waals surface area contributed by atoms with E-state index >= 15 is 0 Å². The molecule has 1 saturated heterocycles. The van der Waals surface area contributed by atoms with Gasteiger partial charge in [0, 0.05) is 17.4 Å². The normalized spacial score (nSPS) is 30.8. The van der Waals surface area contributed by atoms with Crippen molar-refractivity contribution in [3.05, 3.63) is 34.6 Å². The van der Waals surface area contributed by atoms with Gasteiger partial charge in [-0.15, -0.1) is 0 Å². The molecule has 0 aromatic heterocycles. The second kappa shape index (κ2) is 5.34. The molecule has 3 rings (SSSR count). The average molecular weight is 348 g/mol. The van der Waals surface area contributed by atoms with Gasteiger partial charge in [0.15, 0.2) is 0 Å². The van der Waals surface area contributed by atoms with Crippen LogP contribution in [0.25, 0.3) is 0 Å². The number of hydrogen-bond acceptors (Lipinski definition) is 1. The Morgan fingerprint density at radius 2 is 2.21 bits per heavy atom. The summed E-state index contributed by atoms with van der Waals surface area (Å²) in [5.74, 6) is 0.371. The largest absolute Gasteiger partial charge is 0.377 e. The fourth-order valence-corrected chi connectivity index (χ4v) is 4.18. The molecule has 4 heteroatoms. The van der Waals surface area contributed by atoms with Gasteiger partial charge in [-0.3, -0.25) is 0 Å². The Morgan fingerprint density at radius 3 is 2.84 bits per heavy atom. The summed E-state index contributed by atoms with van der Waals surface area (Å²) in [6, 6.07) is 5.05. The highest BCUT2D eigenvalue weighted by Crippen LogP contribution is 2.50. The van der Waals surface area contributed by atoms with Crippen LogP contribution in [-0.2, 0) is 11.2 Å². The molecule has 1 aliphatic carbocycles. The van der Waals surface area contributed by atoms with Crippen LogP contribution in [0.3, 0.4) is 0 Å². The van der Waals surface area contributed by atoms with Crippen molar-refractivity contribution in [1.29, 1.82) is 0 Å². The van der Waals surface area contributed by atoms with Gasteiger partial charge in [-0.2, -0.15) is 0 Å². The number of alkyl halides is 1. The molecule has 0 radical (unpaired) electrons. The van der Waals surface area contributed by atoms with Crippen molar-refractivity contribution in [2.75, 3.05) is 11.9 Å². The van der Waals surface area contributed by atoms with Crippen molar-refractivity contribution < 1.29 is 9.13 Å². The van der Waals surface area contributed by atoms with Gasteiger partial charge in [-0.1, -0.05) is 33.6 Å². The molecule has 0 spiro atoms. The molecule has 1 nitrogen and oxygen atoms in total. The highest BCUT2D eigenvalue weighted by Gasteiger charge is 2.50. The van der Waals surface area contributed by atoms with Crippen molar-refractivity contribution in [2.45, 2.75) is 31.8 Å². The molecule has 1 aromatic carbocycles. The number of hydrogen-bond donors (Lipinski definition) is 0. The highest BCUT2D eigenvalue weighted by atomic mass is 79.9. The Balaban J connectivity index is 1.83. The lowest BCUT2D eigenvalue weighted by molar-refractivity contribution is 0.0413. The minimum atomic E-state index is -0.347. The zero-order chi connectivity index (χ0) is 13.5. The number of ether oxygens (including phenoxy) is 1. The zero-order valence-corrected chi connectivity index (χ0v) is 13.0. The first-order valence-electron chi connectivity index (χ1n) is 6.76. The Hall–Kier alpha value is -0.120. The monoisotopic (exact) mass is 346 g/mol. The van der Waals surface area contributed by atoms with Gasteiger partial charge < -0.3 is 4.74 Å². The van der Waals surface area contributed by atoms with E-state index in [1.807, 2.05) is 6.07 Å². The van der Waals surface area contributed by atoms with Crippen LogP contribution in [0.5, 0.6) is 0 Å². The molecule has 1 aliphatic heterocycles. The smallest absolute Gasteiger partial charge is 0.141 e. The molecule has 0 bridgehead atoms. The third-order valence-corrected chi connectivity index (χ3v) is 5.76. The second-order valence-corrected chi connectivity index (χ2v) is 6.77. The van der Waals surface area contributed by atoms with Gasteiger partial charge in [0.25, 0.3) is 0 Å². The maximum absolute atomic E-state index is 13.2. The first-order valence-corrected chi connectivity index (χ1v) is 8.26. The van der Waals surface area contributed by atoms with Crippen molar-refractivity contribution in [3.8, 4) is 0 Å². The fraction of sp³-hybridized carbons (Fsp3) is 0.600. The Labute approximate surface area is 126 Å². The summed E-state index contributed by atoms with van der Waals surface area (Å²) in [6.07, 6.45) is 4.87. The molecule has 104 valence electrons. The maximum Gasteiger partial charge on any atom is 0.141 e. The van der Waals surface area contributed by atoms with Gasteiger partial charge in [0.2, 0.25) is 0 Å². The predicted octanol–water partition coefficient (Wildman–Crippen LogP) is 4.60. The van der Waals surface area contributed by atoms with E-state index in [9.17, 15) is 4.39 Å². The van der Waals surface area contributed by atoms with E-state index in [-0.39, 0.29) is 16.3 Å². The van der Waals surface area contributed by atoms with Crippen molar-refractivity contribution in [3.63, 3.8) is 0 Å². The lowest BCUT2D eigenvalue weighted by atomic mass is 9.76. The lowest BCUT2D eigenvalue weighted by Gasteiger charge is -2.32. The number of benzene rings is 1. The van der Waals surface area contributed by atoms with Gasteiger partial charge >= 0.3 is 0 Å². The molecule has 0 N–H and O–H groups in total. The molecule has 0 amide bonds. The van der Waals surface area contributed by atoms with Crippen LogP contribution in [0.15, 0.2) is 18.2 Å². The minimum absolute atomic E-state index is 0.141. The number of halogens is 3. The van der Waals surface area contributed by atoms with Crippen LogP contribution in [-0.4, -0.2) is 18.0 Å². The Kier molecular flexibility index (Phi) is 3.89. The van der Waals surface area contributed by atoms with Crippen LogP contribution in [0.1, 0.15) is 24.8 Å². The Bertz CT molecular complexity index is 477. The quantitative estimate of drug-likeness (QED) is 0.723. The SMILES string of the molecule is Fc1ccc(CC2(CBr)CCOC2C2CC2)cc1Cl. The van der Waals surface area contributed by atoms with Crippen molar-refractivity contribution >= 4 is 27.5 Å². The molecule has 1 saturated carbocycles. The van der Waals surface area contributed by atoms with Crippen LogP contribution in [0.2, 0.25) is 5.02 Å². The summed E-state index contributed by atoms with van der Waals surface area (Å²) in [5.41, 5.74) is 1.24. The molecule has 19 heavy (non-hydrogen) atoms. The van der Waals surface area contributed by atoms with Crippen molar-refractivity contribution in [1.82, 2.24) is 0 Å². The van der Waals surface area contributed by atoms with Crippen LogP contribution in [0.4, 0.5) is 4.39 Å². The lowest BCUT2D eigenvalue weighted by Crippen LogP contribution is -2.36. The topological polar surface area (TPSA) is 9.23 Å². The summed E-state index contributed by atoms with van der Waals surface area (Å²) >= 11 is 9.55. The van der Waals surface area contributed by atoms with Gasteiger partial charge in [-0.25, -0.2) is 4.39 Å². The van der Waals surface area contributed by atoms with E-state index in [1.165, 1.54) is 18.9 Å². The van der Waals surface area contributed by atoms with Gasteiger partial charge in [0.1, 0.15) is 5.82 Å². The molecule has 2 fully saturated rings. The van der Waals surface area contributed by atoms with Crippen LogP contribution in [0, 0.1) is 17.2 Å². The van der Waals surface area contributed by atoms with E-state index in [0.717, 1.165) is 36.3 Å². The average Bonchev–Trinajstić information content (AvgIpc) is 3.16. The molecular weight excluding hydrogens is 331 g/mol. The summed E-state index contributed by atoms with van der Waals surface area (Å²) < 4.78 is 19.2. The summed E-state index contributed by atoms with van der Waals surface area (Å²) in [5, 5.41) is 1.14. The standard InChI is InChI=1S/C15H17BrClFO/c16-9-15(5-6-19-14(15)11-2-3-11)8-10-1-4-13(18)12(17)7-10/h1,4,7,11,14H,2-3,5-6,8-9H2. The molecule has 2 atom stereocenters. The summed E-state index contributed by atoms with van der Waals surface area (Å²) in [4.78, 5) is 0. The molecule has 2 unspecified atom stereocenters. The predicted molar refractivity (Wildman–Crippen MR) is 78.4 cm³/mol. The third kappa shape index (κ3) is 2.70. The van der Waals surface area contributed by atoms with E-state index in [1.54, 1.807) is 6.07 Å². The van der Waals surface area contributed by atoms with E-state index in [4.69, 9.17) is 16.3 Å². The van der Waals surface area contributed by atoms with E-state index in [2.05, 4.69) is 15.9 Å². The fourth-order valence-electron chi connectivity index (χ4n) is 3.18. The van der Waals surface area contributed by atoms with E-state index < -0.39 is 0 Å². The minimum Gasteiger partial charge on any atom is -0.377 e. The van der Waals surface area contributed by atoms with E-state index in [0.29, 0.717) is 6.10 Å². The van der Waals surface area contributed by atoms with Crippen molar-refractivity contribution in [2.24, 2.45) is 11.3 Å². The highest BCUT2D eigenvalue weighted by molar-refractivity contribution is 9.09. The van der Waals surface area contributed by atoms with Crippen LogP contribution < -0.4 is 0 Å². The zero-order valence-electron chi connectivity index (χ0n) is 10.7. The number of rotatable bonds is 4. The third-order valence-electron chi connectivity index (χ3n) is 4.36. The summed E-state index contributed by atoms with van der Waals surface area (Å²) in [7, 11) is 0. The van der Waals surface area contributed by atoms with Gasteiger partial charge in [-0.05, 0) is 49.3 Å². The molecule has 1 heterocycles. The first-order chi connectivity index (χ1) is 9.14. The Morgan fingerprint density at radius 1 is 1.42 bits per heavy atom. The molecule has 1 aromatic rings. The van der Waals surface area contributed by atoms with Gasteiger partial charge in [0.05, 0.1) is 11.1 Å². The molecule has 2 aliphatic rings. The molecular formula is C15H17BrClFO. The first kappa shape index (κ1) is 13.8. The maximum atomic E-state index is 13.2. The van der Waals surface area contributed by atoms with Crippen LogP contribution >= 0.6 is 27.5 Å². The second-order valence-electron chi connectivity index (χ2n) is 5.80.